The fraction of sp³-hybridized carbons (Fsp3) is 0.467. The maximum atomic E-state index is 5.76. The van der Waals surface area contributed by atoms with E-state index in [9.17, 15) is 0 Å². The lowest BCUT2D eigenvalue weighted by Gasteiger charge is -2.13. The van der Waals surface area contributed by atoms with E-state index in [4.69, 9.17) is 9.47 Å². The topological polar surface area (TPSA) is 30.5 Å². The van der Waals surface area contributed by atoms with Gasteiger partial charge in [-0.3, -0.25) is 0 Å². The molecule has 0 atom stereocenters. The van der Waals surface area contributed by atoms with Gasteiger partial charge < -0.3 is 14.8 Å². The predicted octanol–water partition coefficient (Wildman–Crippen LogP) is 2.90. The first-order valence-electron chi connectivity index (χ1n) is 6.36. The molecule has 0 aromatic heterocycles. The molecule has 1 aliphatic carbocycles. The summed E-state index contributed by atoms with van der Waals surface area (Å²) in [6, 6.07) is 6.61. The molecule has 0 saturated heterocycles. The van der Waals surface area contributed by atoms with Crippen LogP contribution in [0.4, 0.5) is 0 Å². The quantitative estimate of drug-likeness (QED) is 0.751. The Kier molecular flexibility index (Phi) is 4.26. The third-order valence-electron chi connectivity index (χ3n) is 2.90. The van der Waals surface area contributed by atoms with Gasteiger partial charge >= 0.3 is 0 Å². The first kappa shape index (κ1) is 13.0. The molecular formula is C15H21NO2. The smallest absolute Gasteiger partial charge is 0.124 e. The SMILES string of the molecule is C=C(C)COc1ccc(OC)cc1CNC1CC1. The summed E-state index contributed by atoms with van der Waals surface area (Å²) in [5.74, 6) is 1.78. The van der Waals surface area contributed by atoms with Gasteiger partial charge in [-0.25, -0.2) is 0 Å². The number of methoxy groups -OCH3 is 1. The summed E-state index contributed by atoms with van der Waals surface area (Å²) in [6.45, 7) is 7.20. The maximum absolute atomic E-state index is 5.76. The molecule has 3 heteroatoms. The zero-order chi connectivity index (χ0) is 13.0. The Morgan fingerprint density at radius 3 is 2.83 bits per heavy atom. The average molecular weight is 247 g/mol. The molecule has 0 radical (unpaired) electrons. The average Bonchev–Trinajstić information content (AvgIpc) is 3.18. The van der Waals surface area contributed by atoms with Gasteiger partial charge in [0.05, 0.1) is 7.11 Å². The standard InChI is InChI=1S/C15H21NO2/c1-11(2)10-18-15-7-6-14(17-3)8-12(15)9-16-13-4-5-13/h6-8,13,16H,1,4-5,9-10H2,2-3H3. The number of hydrogen-bond donors (Lipinski definition) is 1. The van der Waals surface area contributed by atoms with Crippen molar-refractivity contribution in [2.75, 3.05) is 13.7 Å². The van der Waals surface area contributed by atoms with Gasteiger partial charge in [-0.05, 0) is 43.5 Å². The lowest BCUT2D eigenvalue weighted by Crippen LogP contribution is -2.16. The van der Waals surface area contributed by atoms with Crippen molar-refractivity contribution in [1.29, 1.82) is 0 Å². The Bertz CT molecular complexity index is 425. The first-order valence-corrected chi connectivity index (χ1v) is 6.36. The van der Waals surface area contributed by atoms with E-state index in [0.29, 0.717) is 12.6 Å². The lowest BCUT2D eigenvalue weighted by molar-refractivity contribution is 0.345. The van der Waals surface area contributed by atoms with E-state index in [1.165, 1.54) is 12.8 Å². The van der Waals surface area contributed by atoms with Crippen LogP contribution in [0.1, 0.15) is 25.3 Å². The van der Waals surface area contributed by atoms with Crippen LogP contribution in [0, 0.1) is 0 Å². The van der Waals surface area contributed by atoms with Crippen molar-refractivity contribution < 1.29 is 9.47 Å². The van der Waals surface area contributed by atoms with Crippen LogP contribution >= 0.6 is 0 Å². The van der Waals surface area contributed by atoms with Crippen LogP contribution in [0.5, 0.6) is 11.5 Å². The van der Waals surface area contributed by atoms with E-state index in [1.807, 2.05) is 25.1 Å². The van der Waals surface area contributed by atoms with Crippen LogP contribution in [0.15, 0.2) is 30.4 Å². The zero-order valence-corrected chi connectivity index (χ0v) is 11.2. The van der Waals surface area contributed by atoms with Gasteiger partial charge in [0.1, 0.15) is 18.1 Å². The number of rotatable bonds is 7. The minimum atomic E-state index is 0.558. The molecule has 0 aliphatic heterocycles. The molecule has 98 valence electrons. The highest BCUT2D eigenvalue weighted by molar-refractivity contribution is 5.40. The Morgan fingerprint density at radius 1 is 1.44 bits per heavy atom. The molecule has 0 heterocycles. The summed E-state index contributed by atoms with van der Waals surface area (Å²) in [5.41, 5.74) is 2.16. The molecule has 0 unspecified atom stereocenters. The van der Waals surface area contributed by atoms with Gasteiger partial charge in [-0.15, -0.1) is 0 Å². The lowest BCUT2D eigenvalue weighted by atomic mass is 10.2. The summed E-state index contributed by atoms with van der Waals surface area (Å²) in [7, 11) is 1.68. The van der Waals surface area contributed by atoms with Crippen molar-refractivity contribution in [3.05, 3.63) is 35.9 Å². The van der Waals surface area contributed by atoms with Gasteiger partial charge in [0.15, 0.2) is 0 Å². The minimum Gasteiger partial charge on any atom is -0.497 e. The van der Waals surface area contributed by atoms with Gasteiger partial charge in [0.2, 0.25) is 0 Å². The highest BCUT2D eigenvalue weighted by Crippen LogP contribution is 2.26. The Morgan fingerprint density at radius 2 is 2.22 bits per heavy atom. The monoisotopic (exact) mass is 247 g/mol. The van der Waals surface area contributed by atoms with E-state index < -0.39 is 0 Å². The van der Waals surface area contributed by atoms with Crippen LogP contribution in [0.2, 0.25) is 0 Å². The molecule has 1 fully saturated rings. The normalized spacial score (nSPS) is 14.3. The molecule has 1 aromatic rings. The number of ether oxygens (including phenoxy) is 2. The second-order valence-electron chi connectivity index (χ2n) is 4.87. The fourth-order valence-corrected chi connectivity index (χ4v) is 1.70. The van der Waals surface area contributed by atoms with Crippen LogP contribution in [-0.4, -0.2) is 19.8 Å². The van der Waals surface area contributed by atoms with E-state index in [1.54, 1.807) is 7.11 Å². The van der Waals surface area contributed by atoms with Gasteiger partial charge in [0, 0.05) is 18.2 Å². The van der Waals surface area contributed by atoms with Crippen molar-refractivity contribution >= 4 is 0 Å². The van der Waals surface area contributed by atoms with Crippen LogP contribution in [0.3, 0.4) is 0 Å². The Hall–Kier alpha value is -1.48. The van der Waals surface area contributed by atoms with Gasteiger partial charge in [-0.2, -0.15) is 0 Å². The van der Waals surface area contributed by atoms with Gasteiger partial charge in [0.25, 0.3) is 0 Å². The third-order valence-corrected chi connectivity index (χ3v) is 2.90. The zero-order valence-electron chi connectivity index (χ0n) is 11.2. The molecule has 0 amide bonds. The fourth-order valence-electron chi connectivity index (χ4n) is 1.70. The highest BCUT2D eigenvalue weighted by atomic mass is 16.5. The molecule has 1 saturated carbocycles. The van der Waals surface area contributed by atoms with Crippen molar-refractivity contribution in [3.8, 4) is 11.5 Å². The van der Waals surface area contributed by atoms with Crippen molar-refractivity contribution in [3.63, 3.8) is 0 Å². The molecule has 1 N–H and O–H groups in total. The Balaban J connectivity index is 2.06. The molecule has 0 bridgehead atoms. The van der Waals surface area contributed by atoms with Crippen molar-refractivity contribution in [2.24, 2.45) is 0 Å². The second-order valence-corrected chi connectivity index (χ2v) is 4.87. The molecular weight excluding hydrogens is 226 g/mol. The van der Waals surface area contributed by atoms with Gasteiger partial charge in [-0.1, -0.05) is 6.58 Å². The molecule has 0 spiro atoms. The highest BCUT2D eigenvalue weighted by Gasteiger charge is 2.20. The molecule has 1 aromatic carbocycles. The van der Waals surface area contributed by atoms with E-state index in [2.05, 4.69) is 11.9 Å². The summed E-state index contributed by atoms with van der Waals surface area (Å²) < 4.78 is 11.0. The van der Waals surface area contributed by atoms with E-state index in [-0.39, 0.29) is 0 Å². The van der Waals surface area contributed by atoms with Crippen molar-refractivity contribution in [2.45, 2.75) is 32.4 Å². The molecule has 2 rings (SSSR count). The van der Waals surface area contributed by atoms with Crippen LogP contribution in [0.25, 0.3) is 0 Å². The van der Waals surface area contributed by atoms with E-state index in [0.717, 1.165) is 29.2 Å². The molecule has 18 heavy (non-hydrogen) atoms. The van der Waals surface area contributed by atoms with Crippen LogP contribution < -0.4 is 14.8 Å². The first-order chi connectivity index (χ1) is 8.69. The predicted molar refractivity (Wildman–Crippen MR) is 73.2 cm³/mol. The molecule has 3 nitrogen and oxygen atoms in total. The summed E-state index contributed by atoms with van der Waals surface area (Å²) in [4.78, 5) is 0. The van der Waals surface area contributed by atoms with E-state index >= 15 is 0 Å². The summed E-state index contributed by atoms with van der Waals surface area (Å²) in [6.07, 6.45) is 2.57. The number of nitrogens with one attached hydrogen (secondary N) is 1. The summed E-state index contributed by atoms with van der Waals surface area (Å²) in [5, 5.41) is 3.49. The number of hydrogen-bond acceptors (Lipinski definition) is 3. The third kappa shape index (κ3) is 3.77. The largest absolute Gasteiger partial charge is 0.497 e. The number of benzene rings is 1. The molecule has 1 aliphatic rings. The summed E-state index contributed by atoms with van der Waals surface area (Å²) >= 11 is 0. The Labute approximate surface area is 109 Å². The maximum Gasteiger partial charge on any atom is 0.124 e. The minimum absolute atomic E-state index is 0.558. The van der Waals surface area contributed by atoms with Crippen LogP contribution in [-0.2, 0) is 6.54 Å². The second kappa shape index (κ2) is 5.91. The van der Waals surface area contributed by atoms with Crippen molar-refractivity contribution in [1.82, 2.24) is 5.32 Å².